The average molecular weight is 386 g/mol. The van der Waals surface area contributed by atoms with E-state index in [2.05, 4.69) is 10.6 Å². The summed E-state index contributed by atoms with van der Waals surface area (Å²) in [6.07, 6.45) is 0. The Hall–Kier alpha value is -1.75. The summed E-state index contributed by atoms with van der Waals surface area (Å²) in [6, 6.07) is 11.4. The maximum absolute atomic E-state index is 12.0. The lowest BCUT2D eigenvalue weighted by molar-refractivity contribution is -0.120. The van der Waals surface area contributed by atoms with Crippen LogP contribution >= 0.6 is 34.8 Å². The van der Waals surface area contributed by atoms with Crippen molar-refractivity contribution in [2.45, 2.75) is 13.0 Å². The second-order valence-corrected chi connectivity index (χ2v) is 6.37. The van der Waals surface area contributed by atoms with E-state index in [4.69, 9.17) is 34.8 Å². The molecule has 4 nitrogen and oxygen atoms in total. The third-order valence-corrected chi connectivity index (χ3v) is 4.23. The van der Waals surface area contributed by atoms with Gasteiger partial charge < -0.3 is 10.6 Å². The van der Waals surface area contributed by atoms with Crippen molar-refractivity contribution in [3.63, 3.8) is 0 Å². The molecule has 1 unspecified atom stereocenters. The summed E-state index contributed by atoms with van der Waals surface area (Å²) in [5.74, 6) is -0.748. The second-order valence-electron chi connectivity index (χ2n) is 5.12. The van der Waals surface area contributed by atoms with Crippen LogP contribution < -0.4 is 10.6 Å². The molecule has 2 rings (SSSR count). The number of carbonyl (C=O) groups is 2. The Bertz CT molecular complexity index is 765. The molecule has 0 aliphatic heterocycles. The van der Waals surface area contributed by atoms with Crippen molar-refractivity contribution in [2.75, 3.05) is 6.54 Å². The van der Waals surface area contributed by atoms with Gasteiger partial charge in [0.1, 0.15) is 0 Å². The number of benzene rings is 2. The van der Waals surface area contributed by atoms with Crippen molar-refractivity contribution in [3.05, 3.63) is 68.7 Å². The van der Waals surface area contributed by atoms with Crippen LogP contribution in [0.2, 0.25) is 15.1 Å². The number of carbonyl (C=O) groups excluding carboxylic acids is 2. The molecule has 1 atom stereocenters. The molecule has 0 saturated heterocycles. The van der Waals surface area contributed by atoms with Crippen LogP contribution in [-0.2, 0) is 4.79 Å². The smallest absolute Gasteiger partial charge is 0.253 e. The summed E-state index contributed by atoms with van der Waals surface area (Å²) in [5.41, 5.74) is 1.06. The molecule has 0 saturated carbocycles. The molecule has 0 spiro atoms. The number of hydrogen-bond acceptors (Lipinski definition) is 2. The van der Waals surface area contributed by atoms with Gasteiger partial charge in [0, 0.05) is 10.0 Å². The molecule has 2 amide bonds. The molecule has 0 aliphatic rings. The number of nitrogens with one attached hydrogen (secondary N) is 2. The minimum absolute atomic E-state index is 0.167. The zero-order valence-corrected chi connectivity index (χ0v) is 15.0. The van der Waals surface area contributed by atoms with Crippen LogP contribution in [-0.4, -0.2) is 18.4 Å². The van der Waals surface area contributed by atoms with Gasteiger partial charge >= 0.3 is 0 Å². The van der Waals surface area contributed by atoms with Crippen molar-refractivity contribution in [2.24, 2.45) is 0 Å². The summed E-state index contributed by atoms with van der Waals surface area (Å²) >= 11 is 17.9. The molecule has 2 aromatic rings. The molecule has 0 fully saturated rings. The van der Waals surface area contributed by atoms with Crippen molar-refractivity contribution < 1.29 is 9.59 Å². The fourth-order valence-electron chi connectivity index (χ4n) is 2.12. The van der Waals surface area contributed by atoms with Gasteiger partial charge in [-0.3, -0.25) is 9.59 Å². The van der Waals surface area contributed by atoms with Gasteiger partial charge in [0.15, 0.2) is 0 Å². The Labute approximate surface area is 155 Å². The number of halogens is 3. The lowest BCUT2D eigenvalue weighted by Crippen LogP contribution is -2.38. The van der Waals surface area contributed by atoms with E-state index in [1.165, 1.54) is 0 Å². The first-order valence-corrected chi connectivity index (χ1v) is 8.29. The third kappa shape index (κ3) is 4.87. The molecule has 2 N–H and O–H groups in total. The van der Waals surface area contributed by atoms with Crippen LogP contribution in [0.15, 0.2) is 42.5 Å². The van der Waals surface area contributed by atoms with Gasteiger partial charge in [-0.2, -0.15) is 0 Å². The molecule has 0 bridgehead atoms. The molecule has 0 aliphatic carbocycles. The zero-order valence-electron chi connectivity index (χ0n) is 12.8. The lowest BCUT2D eigenvalue weighted by atomic mass is 10.1. The van der Waals surface area contributed by atoms with Gasteiger partial charge in [0.05, 0.1) is 23.2 Å². The largest absolute Gasteiger partial charge is 0.348 e. The van der Waals surface area contributed by atoms with E-state index < -0.39 is 5.91 Å². The van der Waals surface area contributed by atoms with Crippen molar-refractivity contribution in [3.8, 4) is 0 Å². The molecule has 126 valence electrons. The molecule has 0 radical (unpaired) electrons. The summed E-state index contributed by atoms with van der Waals surface area (Å²) in [6.45, 7) is 1.63. The van der Waals surface area contributed by atoms with Gasteiger partial charge in [-0.05, 0) is 36.8 Å². The Morgan fingerprint density at radius 1 is 1.04 bits per heavy atom. The van der Waals surface area contributed by atoms with Crippen molar-refractivity contribution >= 4 is 46.6 Å². The predicted octanol–water partition coefficient (Wildman–Crippen LogP) is 4.25. The first-order valence-electron chi connectivity index (χ1n) is 7.15. The van der Waals surface area contributed by atoms with Gasteiger partial charge in [0.25, 0.3) is 5.91 Å². The maximum Gasteiger partial charge on any atom is 0.253 e. The van der Waals surface area contributed by atoms with E-state index in [9.17, 15) is 9.59 Å². The summed E-state index contributed by atoms with van der Waals surface area (Å²) in [4.78, 5) is 24.0. The van der Waals surface area contributed by atoms with Crippen molar-refractivity contribution in [1.82, 2.24) is 10.6 Å². The topological polar surface area (TPSA) is 58.2 Å². The van der Waals surface area contributed by atoms with Crippen LogP contribution in [0.5, 0.6) is 0 Å². The van der Waals surface area contributed by atoms with E-state index >= 15 is 0 Å². The van der Waals surface area contributed by atoms with Crippen LogP contribution in [0.25, 0.3) is 0 Å². The molecular formula is C17H15Cl3N2O2. The Morgan fingerprint density at radius 3 is 2.42 bits per heavy atom. The molecule has 24 heavy (non-hydrogen) atoms. The minimum Gasteiger partial charge on any atom is -0.348 e. The molecular weight excluding hydrogens is 371 g/mol. The van der Waals surface area contributed by atoms with Gasteiger partial charge in [-0.15, -0.1) is 0 Å². The molecule has 0 heterocycles. The van der Waals surface area contributed by atoms with Crippen molar-refractivity contribution in [1.29, 1.82) is 0 Å². The fraction of sp³-hybridized carbons (Fsp3) is 0.176. The normalized spacial score (nSPS) is 11.7. The summed E-state index contributed by atoms with van der Waals surface area (Å²) in [7, 11) is 0. The first-order chi connectivity index (χ1) is 11.4. The van der Waals surface area contributed by atoms with Gasteiger partial charge in [0.2, 0.25) is 5.91 Å². The highest BCUT2D eigenvalue weighted by molar-refractivity contribution is 6.35. The zero-order chi connectivity index (χ0) is 17.7. The van der Waals surface area contributed by atoms with Gasteiger partial charge in [-0.1, -0.05) is 53.0 Å². The van der Waals surface area contributed by atoms with E-state index in [-0.39, 0.29) is 18.5 Å². The molecule has 0 aromatic heterocycles. The number of rotatable bonds is 5. The standard InChI is InChI=1S/C17H15Cl3N2O2/c1-10(12-7-6-11(18)8-15(12)20)22-16(23)9-21-17(24)13-4-2-3-5-14(13)19/h2-8,10H,9H2,1H3,(H,21,24)(H,22,23). The van der Waals surface area contributed by atoms with E-state index in [1.54, 1.807) is 49.4 Å². The van der Waals surface area contributed by atoms with Crippen LogP contribution in [0.1, 0.15) is 28.9 Å². The number of hydrogen-bond donors (Lipinski definition) is 2. The quantitative estimate of drug-likeness (QED) is 0.808. The third-order valence-electron chi connectivity index (χ3n) is 3.33. The second kappa shape index (κ2) is 8.38. The highest BCUT2D eigenvalue weighted by atomic mass is 35.5. The first kappa shape index (κ1) is 18.6. The van der Waals surface area contributed by atoms with Gasteiger partial charge in [-0.25, -0.2) is 0 Å². The molecule has 7 heteroatoms. The fourth-order valence-corrected chi connectivity index (χ4v) is 2.92. The molecule has 2 aromatic carbocycles. The van der Waals surface area contributed by atoms with Crippen LogP contribution in [0.4, 0.5) is 0 Å². The summed E-state index contributed by atoms with van der Waals surface area (Å²) < 4.78 is 0. The van der Waals surface area contributed by atoms with Crippen LogP contribution in [0.3, 0.4) is 0 Å². The Balaban J connectivity index is 1.91. The van der Waals surface area contributed by atoms with E-state index in [1.807, 2.05) is 0 Å². The summed E-state index contributed by atoms with van der Waals surface area (Å²) in [5, 5.41) is 6.62. The maximum atomic E-state index is 12.0. The highest BCUT2D eigenvalue weighted by Crippen LogP contribution is 2.25. The highest BCUT2D eigenvalue weighted by Gasteiger charge is 2.15. The average Bonchev–Trinajstić information content (AvgIpc) is 2.52. The van der Waals surface area contributed by atoms with E-state index in [0.29, 0.717) is 20.6 Å². The van der Waals surface area contributed by atoms with E-state index in [0.717, 1.165) is 5.56 Å². The predicted molar refractivity (Wildman–Crippen MR) is 96.8 cm³/mol. The Morgan fingerprint density at radius 2 is 1.75 bits per heavy atom. The SMILES string of the molecule is CC(NC(=O)CNC(=O)c1ccccc1Cl)c1ccc(Cl)cc1Cl. The number of amides is 2. The van der Waals surface area contributed by atoms with Crippen LogP contribution in [0, 0.1) is 0 Å². The lowest BCUT2D eigenvalue weighted by Gasteiger charge is -2.16. The minimum atomic E-state index is -0.409. The monoisotopic (exact) mass is 384 g/mol. The Kier molecular flexibility index (Phi) is 6.49.